The van der Waals surface area contributed by atoms with Crippen molar-refractivity contribution in [2.75, 3.05) is 26.4 Å². The highest BCUT2D eigenvalue weighted by atomic mass is 16.5. The minimum absolute atomic E-state index is 0.0271. The molecule has 0 saturated heterocycles. The van der Waals surface area contributed by atoms with Gasteiger partial charge in [0.1, 0.15) is 5.60 Å². The van der Waals surface area contributed by atoms with Crippen LogP contribution in [-0.2, 0) is 16.1 Å². The van der Waals surface area contributed by atoms with E-state index < -0.39 is 5.60 Å². The summed E-state index contributed by atoms with van der Waals surface area (Å²) in [6, 6.07) is 7.12. The van der Waals surface area contributed by atoms with Crippen molar-refractivity contribution in [1.82, 2.24) is 0 Å². The zero-order valence-electron chi connectivity index (χ0n) is 12.0. The molecule has 0 radical (unpaired) electrons. The third kappa shape index (κ3) is 5.02. The Balaban J connectivity index is 2.75. The van der Waals surface area contributed by atoms with Gasteiger partial charge in [0.25, 0.3) is 0 Å². The molecule has 5 heteroatoms. The molecule has 0 unspecified atom stereocenters. The van der Waals surface area contributed by atoms with Gasteiger partial charge in [0.15, 0.2) is 5.78 Å². The third-order valence-electron chi connectivity index (χ3n) is 2.79. The van der Waals surface area contributed by atoms with Crippen molar-refractivity contribution in [2.45, 2.75) is 26.1 Å². The summed E-state index contributed by atoms with van der Waals surface area (Å²) in [6.45, 7) is 3.95. The SMILES string of the molecule is CC(C)(OCCO)C(=O)c1cccc(COCCO)c1. The first-order valence-electron chi connectivity index (χ1n) is 6.58. The third-order valence-corrected chi connectivity index (χ3v) is 2.79. The van der Waals surface area contributed by atoms with Crippen molar-refractivity contribution in [3.63, 3.8) is 0 Å². The van der Waals surface area contributed by atoms with E-state index >= 15 is 0 Å². The van der Waals surface area contributed by atoms with Crippen molar-refractivity contribution >= 4 is 5.78 Å². The molecular weight excluding hydrogens is 260 g/mol. The molecule has 0 bridgehead atoms. The highest BCUT2D eigenvalue weighted by Gasteiger charge is 2.29. The van der Waals surface area contributed by atoms with E-state index in [1.807, 2.05) is 6.07 Å². The first kappa shape index (κ1) is 16.8. The van der Waals surface area contributed by atoms with Crippen LogP contribution in [-0.4, -0.2) is 48.0 Å². The molecule has 0 spiro atoms. The maximum atomic E-state index is 12.4. The van der Waals surface area contributed by atoms with Crippen LogP contribution in [0.1, 0.15) is 29.8 Å². The Labute approximate surface area is 119 Å². The number of hydrogen-bond donors (Lipinski definition) is 2. The summed E-state index contributed by atoms with van der Waals surface area (Å²) in [5.41, 5.74) is 0.424. The lowest BCUT2D eigenvalue weighted by Crippen LogP contribution is -2.36. The average Bonchev–Trinajstić information content (AvgIpc) is 2.45. The zero-order chi connectivity index (χ0) is 15.0. The predicted octanol–water partition coefficient (Wildman–Crippen LogP) is 1.17. The number of rotatable bonds is 9. The van der Waals surface area contributed by atoms with Gasteiger partial charge in [-0.2, -0.15) is 0 Å². The van der Waals surface area contributed by atoms with Gasteiger partial charge in [0.2, 0.25) is 0 Å². The number of carbonyl (C=O) groups excluding carboxylic acids is 1. The van der Waals surface area contributed by atoms with E-state index in [0.717, 1.165) is 5.56 Å². The Morgan fingerprint density at radius 3 is 2.55 bits per heavy atom. The Morgan fingerprint density at radius 1 is 1.20 bits per heavy atom. The molecule has 2 N–H and O–H groups in total. The summed E-state index contributed by atoms with van der Waals surface area (Å²) >= 11 is 0. The summed E-state index contributed by atoms with van der Waals surface area (Å²) in [5.74, 6) is -0.144. The first-order chi connectivity index (χ1) is 9.51. The van der Waals surface area contributed by atoms with E-state index in [0.29, 0.717) is 12.2 Å². The van der Waals surface area contributed by atoms with Crippen molar-refractivity contribution in [1.29, 1.82) is 0 Å². The molecule has 20 heavy (non-hydrogen) atoms. The molecular formula is C15H22O5. The Kier molecular flexibility index (Phi) is 6.81. The lowest BCUT2D eigenvalue weighted by Gasteiger charge is -2.23. The van der Waals surface area contributed by atoms with Crippen LogP contribution in [0.3, 0.4) is 0 Å². The number of aliphatic hydroxyl groups excluding tert-OH is 2. The van der Waals surface area contributed by atoms with Crippen LogP contribution in [0.2, 0.25) is 0 Å². The number of ketones is 1. The second kappa shape index (κ2) is 8.11. The number of aliphatic hydroxyl groups is 2. The molecule has 112 valence electrons. The molecule has 1 rings (SSSR count). The van der Waals surface area contributed by atoms with Crippen LogP contribution in [0.4, 0.5) is 0 Å². The van der Waals surface area contributed by atoms with Gasteiger partial charge in [-0.3, -0.25) is 4.79 Å². The lowest BCUT2D eigenvalue weighted by molar-refractivity contribution is -0.0174. The maximum absolute atomic E-state index is 12.4. The molecule has 0 aromatic heterocycles. The normalized spacial score (nSPS) is 11.6. The fourth-order valence-electron chi connectivity index (χ4n) is 1.77. The summed E-state index contributed by atoms with van der Waals surface area (Å²) < 4.78 is 10.6. The highest BCUT2D eigenvalue weighted by Crippen LogP contribution is 2.18. The van der Waals surface area contributed by atoms with Crippen LogP contribution in [0.5, 0.6) is 0 Å². The van der Waals surface area contributed by atoms with Crippen LogP contribution in [0, 0.1) is 0 Å². The second-order valence-electron chi connectivity index (χ2n) is 4.89. The number of carbonyl (C=O) groups is 1. The molecule has 5 nitrogen and oxygen atoms in total. The van der Waals surface area contributed by atoms with Crippen LogP contribution in [0.15, 0.2) is 24.3 Å². The van der Waals surface area contributed by atoms with Crippen LogP contribution in [0.25, 0.3) is 0 Å². The van der Waals surface area contributed by atoms with E-state index in [9.17, 15) is 4.79 Å². The summed E-state index contributed by atoms with van der Waals surface area (Å²) in [4.78, 5) is 12.4. The van der Waals surface area contributed by atoms with Crippen molar-refractivity contribution < 1.29 is 24.5 Å². The number of ether oxygens (including phenoxy) is 2. The minimum Gasteiger partial charge on any atom is -0.394 e. The Bertz CT molecular complexity index is 428. The van der Waals surface area contributed by atoms with E-state index in [1.54, 1.807) is 32.0 Å². The van der Waals surface area contributed by atoms with Gasteiger partial charge in [-0.15, -0.1) is 0 Å². The van der Waals surface area contributed by atoms with Gasteiger partial charge in [0.05, 0.1) is 33.0 Å². The molecule has 0 aliphatic heterocycles. The van der Waals surface area contributed by atoms with Crippen molar-refractivity contribution in [3.05, 3.63) is 35.4 Å². The molecule has 0 heterocycles. The largest absolute Gasteiger partial charge is 0.394 e. The van der Waals surface area contributed by atoms with E-state index in [2.05, 4.69) is 0 Å². The molecule has 0 amide bonds. The van der Waals surface area contributed by atoms with Gasteiger partial charge in [-0.1, -0.05) is 18.2 Å². The quantitative estimate of drug-likeness (QED) is 0.525. The van der Waals surface area contributed by atoms with Gasteiger partial charge >= 0.3 is 0 Å². The Morgan fingerprint density at radius 2 is 1.90 bits per heavy atom. The van der Waals surface area contributed by atoms with Crippen molar-refractivity contribution in [3.8, 4) is 0 Å². The van der Waals surface area contributed by atoms with Crippen molar-refractivity contribution in [2.24, 2.45) is 0 Å². The fourth-order valence-corrected chi connectivity index (χ4v) is 1.77. The molecule has 0 atom stereocenters. The molecule has 0 fully saturated rings. The summed E-state index contributed by atoms with van der Waals surface area (Å²) in [5, 5.41) is 17.4. The highest BCUT2D eigenvalue weighted by molar-refractivity contribution is 6.02. The summed E-state index contributed by atoms with van der Waals surface area (Å²) in [7, 11) is 0. The second-order valence-corrected chi connectivity index (χ2v) is 4.89. The topological polar surface area (TPSA) is 76.0 Å². The van der Waals surface area contributed by atoms with E-state index in [1.165, 1.54) is 0 Å². The fraction of sp³-hybridized carbons (Fsp3) is 0.533. The van der Waals surface area contributed by atoms with Gasteiger partial charge in [0, 0.05) is 5.56 Å². The lowest BCUT2D eigenvalue weighted by atomic mass is 9.95. The first-order valence-corrected chi connectivity index (χ1v) is 6.58. The van der Waals surface area contributed by atoms with Crippen LogP contribution >= 0.6 is 0 Å². The smallest absolute Gasteiger partial charge is 0.194 e. The molecule has 0 saturated carbocycles. The molecule has 1 aromatic carbocycles. The van der Waals surface area contributed by atoms with E-state index in [-0.39, 0.29) is 32.2 Å². The zero-order valence-corrected chi connectivity index (χ0v) is 12.0. The minimum atomic E-state index is -0.979. The number of Topliss-reactive ketones (excluding diaryl/α,β-unsaturated/α-hetero) is 1. The number of hydrogen-bond acceptors (Lipinski definition) is 5. The average molecular weight is 282 g/mol. The summed E-state index contributed by atoms with van der Waals surface area (Å²) in [6.07, 6.45) is 0. The van der Waals surface area contributed by atoms with E-state index in [4.69, 9.17) is 19.7 Å². The Hall–Kier alpha value is -1.27. The van der Waals surface area contributed by atoms with Gasteiger partial charge in [-0.05, 0) is 25.5 Å². The van der Waals surface area contributed by atoms with Crippen LogP contribution < -0.4 is 0 Å². The van der Waals surface area contributed by atoms with Gasteiger partial charge in [-0.25, -0.2) is 0 Å². The molecule has 0 aliphatic carbocycles. The number of benzene rings is 1. The monoisotopic (exact) mass is 282 g/mol. The molecule has 0 aliphatic rings. The maximum Gasteiger partial charge on any atom is 0.194 e. The predicted molar refractivity (Wildman–Crippen MR) is 74.6 cm³/mol. The standard InChI is InChI=1S/C15H22O5/c1-15(2,20-9-7-17)14(18)13-5-3-4-12(10-13)11-19-8-6-16/h3-5,10,16-17H,6-9,11H2,1-2H3. The molecule has 1 aromatic rings. The van der Waals surface area contributed by atoms with Gasteiger partial charge < -0.3 is 19.7 Å².